The lowest BCUT2D eigenvalue weighted by atomic mass is 10.3. The van der Waals surface area contributed by atoms with Gasteiger partial charge in [0.1, 0.15) is 11.8 Å². The lowest BCUT2D eigenvalue weighted by Crippen LogP contribution is -2.16. The van der Waals surface area contributed by atoms with E-state index < -0.39 is 5.82 Å². The number of carbonyl (C=O) groups is 1. The number of thioether (sulfide) groups is 1. The monoisotopic (exact) mass is 345 g/mol. The van der Waals surface area contributed by atoms with Crippen LogP contribution in [0.25, 0.3) is 0 Å². The average molecular weight is 346 g/mol. The average Bonchev–Trinajstić information content (AvgIpc) is 2.93. The summed E-state index contributed by atoms with van der Waals surface area (Å²) in [4.78, 5) is 15.9. The molecule has 0 radical (unpaired) electrons. The molecule has 0 aromatic heterocycles. The highest BCUT2D eigenvalue weighted by atomic mass is 35.5. The number of hydrogen-bond donors (Lipinski definition) is 0. The van der Waals surface area contributed by atoms with Crippen molar-refractivity contribution in [2.45, 2.75) is 36.7 Å². The van der Waals surface area contributed by atoms with E-state index in [0.717, 1.165) is 31.7 Å². The number of esters is 1. The van der Waals surface area contributed by atoms with E-state index in [0.29, 0.717) is 4.90 Å². The van der Waals surface area contributed by atoms with Gasteiger partial charge in [0, 0.05) is 4.90 Å². The standard InChI is InChI=1S/C14H13ClFNO2S2/c15-10-5-11(16)12(17-8-20)6-13(10)21-7-14(18)19-9-3-1-2-4-9/h5-6,9H,1-4,7H2. The summed E-state index contributed by atoms with van der Waals surface area (Å²) in [5.41, 5.74) is 0.0565. The Hall–Kier alpha value is -0.940. The number of carbonyl (C=O) groups excluding carboxylic acids is 1. The molecule has 3 nitrogen and oxygen atoms in total. The van der Waals surface area contributed by atoms with Crippen LogP contribution in [0.1, 0.15) is 25.7 Å². The van der Waals surface area contributed by atoms with Gasteiger partial charge in [-0.25, -0.2) is 4.39 Å². The molecule has 1 aromatic rings. The summed E-state index contributed by atoms with van der Waals surface area (Å²) >= 11 is 11.6. The van der Waals surface area contributed by atoms with Crippen molar-refractivity contribution in [1.82, 2.24) is 0 Å². The molecule has 0 heterocycles. The number of nitrogens with zero attached hydrogens (tertiary/aromatic N) is 1. The Labute approximate surface area is 136 Å². The first-order valence-electron chi connectivity index (χ1n) is 6.49. The van der Waals surface area contributed by atoms with Crippen LogP contribution < -0.4 is 0 Å². The second kappa shape index (κ2) is 7.90. The van der Waals surface area contributed by atoms with Crippen molar-refractivity contribution < 1.29 is 13.9 Å². The molecule has 0 unspecified atom stereocenters. The molecule has 0 atom stereocenters. The fourth-order valence-electron chi connectivity index (χ4n) is 2.13. The van der Waals surface area contributed by atoms with E-state index in [1.807, 2.05) is 0 Å². The van der Waals surface area contributed by atoms with Gasteiger partial charge < -0.3 is 4.74 Å². The van der Waals surface area contributed by atoms with Crippen LogP contribution in [0, 0.1) is 5.82 Å². The first kappa shape index (κ1) is 16.4. The van der Waals surface area contributed by atoms with E-state index in [4.69, 9.17) is 16.3 Å². The molecule has 7 heteroatoms. The lowest BCUT2D eigenvalue weighted by Gasteiger charge is -2.11. The van der Waals surface area contributed by atoms with Crippen molar-refractivity contribution in [3.05, 3.63) is 23.0 Å². The van der Waals surface area contributed by atoms with Crippen LogP contribution in [0.4, 0.5) is 10.1 Å². The minimum atomic E-state index is -0.574. The number of benzene rings is 1. The number of rotatable bonds is 5. The normalized spacial score (nSPS) is 14.8. The maximum Gasteiger partial charge on any atom is 0.316 e. The van der Waals surface area contributed by atoms with Crippen LogP contribution in [0.15, 0.2) is 22.0 Å². The molecule has 0 saturated heterocycles. The topological polar surface area (TPSA) is 38.7 Å². The molecule has 1 aliphatic carbocycles. The zero-order chi connectivity index (χ0) is 15.2. The number of hydrogen-bond acceptors (Lipinski definition) is 5. The number of halogens is 2. The Kier molecular flexibility index (Phi) is 6.18. The molecule has 1 fully saturated rings. The van der Waals surface area contributed by atoms with E-state index in [-0.39, 0.29) is 28.5 Å². The predicted octanol–water partition coefficient (Wildman–Crippen LogP) is 4.79. The summed E-state index contributed by atoms with van der Waals surface area (Å²) in [5.74, 6) is -0.731. The Balaban J connectivity index is 1.97. The smallest absolute Gasteiger partial charge is 0.316 e. The molecule has 0 N–H and O–H groups in total. The minimum absolute atomic E-state index is 0.0387. The molecular formula is C14H13ClFNO2S2. The third kappa shape index (κ3) is 4.78. The third-order valence-electron chi connectivity index (χ3n) is 3.11. The SMILES string of the molecule is O=C(CSc1cc(N=C=S)c(F)cc1Cl)OC1CCCC1. The number of aliphatic imine (C=N–C) groups is 1. The van der Waals surface area contributed by atoms with Crippen LogP contribution in [-0.2, 0) is 9.53 Å². The highest BCUT2D eigenvalue weighted by Crippen LogP contribution is 2.33. The molecule has 21 heavy (non-hydrogen) atoms. The summed E-state index contributed by atoms with van der Waals surface area (Å²) in [6, 6.07) is 2.60. The molecule has 1 aliphatic rings. The van der Waals surface area contributed by atoms with Gasteiger partial charge in [0.25, 0.3) is 0 Å². The molecule has 0 spiro atoms. The van der Waals surface area contributed by atoms with Crippen LogP contribution in [0.2, 0.25) is 5.02 Å². The van der Waals surface area contributed by atoms with Crippen molar-refractivity contribution in [2.24, 2.45) is 4.99 Å². The largest absolute Gasteiger partial charge is 0.462 e. The van der Waals surface area contributed by atoms with E-state index in [2.05, 4.69) is 22.4 Å². The number of thiocarbonyl (C=S) groups is 1. The van der Waals surface area contributed by atoms with Crippen molar-refractivity contribution in [1.29, 1.82) is 0 Å². The Bertz CT molecular complexity index is 585. The van der Waals surface area contributed by atoms with E-state index in [1.165, 1.54) is 17.8 Å². The van der Waals surface area contributed by atoms with Gasteiger partial charge in [-0.15, -0.1) is 11.8 Å². The first-order chi connectivity index (χ1) is 10.1. The molecule has 2 rings (SSSR count). The molecule has 0 aliphatic heterocycles. The van der Waals surface area contributed by atoms with Crippen molar-refractivity contribution in [3.63, 3.8) is 0 Å². The zero-order valence-corrected chi connectivity index (χ0v) is 13.5. The van der Waals surface area contributed by atoms with Crippen LogP contribution in [0.3, 0.4) is 0 Å². The van der Waals surface area contributed by atoms with Crippen LogP contribution in [0.5, 0.6) is 0 Å². The van der Waals surface area contributed by atoms with Gasteiger partial charge in [-0.1, -0.05) is 11.6 Å². The molecular weight excluding hydrogens is 333 g/mol. The van der Waals surface area contributed by atoms with Gasteiger partial charge in [0.2, 0.25) is 0 Å². The predicted molar refractivity (Wildman–Crippen MR) is 85.2 cm³/mol. The second-order valence-corrected chi connectivity index (χ2v) is 6.23. The maximum atomic E-state index is 13.5. The maximum absolute atomic E-state index is 13.5. The molecule has 0 bridgehead atoms. The van der Waals surface area contributed by atoms with Crippen molar-refractivity contribution in [2.75, 3.05) is 5.75 Å². The molecule has 1 saturated carbocycles. The summed E-state index contributed by atoms with van der Waals surface area (Å²) in [6.07, 6.45) is 4.11. The third-order valence-corrected chi connectivity index (χ3v) is 4.66. The van der Waals surface area contributed by atoms with Gasteiger partial charge in [-0.3, -0.25) is 4.79 Å². The summed E-state index contributed by atoms with van der Waals surface area (Å²) in [6.45, 7) is 0. The molecule has 112 valence electrons. The van der Waals surface area contributed by atoms with Crippen molar-refractivity contribution in [3.8, 4) is 0 Å². The Morgan fingerprint density at radius 2 is 2.24 bits per heavy atom. The second-order valence-electron chi connectivity index (χ2n) is 4.62. The van der Waals surface area contributed by atoms with Crippen molar-refractivity contribution >= 4 is 52.4 Å². The Morgan fingerprint density at radius 1 is 1.52 bits per heavy atom. The van der Waals surface area contributed by atoms with Gasteiger partial charge in [0.15, 0.2) is 5.82 Å². The summed E-state index contributed by atoms with van der Waals surface area (Å²) in [5, 5.41) is 2.34. The summed E-state index contributed by atoms with van der Waals surface area (Å²) in [7, 11) is 0. The van der Waals surface area contributed by atoms with Crippen LogP contribution in [-0.4, -0.2) is 23.0 Å². The number of ether oxygens (including phenoxy) is 1. The first-order valence-corrected chi connectivity index (χ1v) is 8.26. The lowest BCUT2D eigenvalue weighted by molar-refractivity contribution is -0.145. The highest BCUT2D eigenvalue weighted by molar-refractivity contribution is 8.00. The van der Waals surface area contributed by atoms with E-state index in [1.54, 1.807) is 0 Å². The zero-order valence-electron chi connectivity index (χ0n) is 11.1. The van der Waals surface area contributed by atoms with E-state index >= 15 is 0 Å². The summed E-state index contributed by atoms with van der Waals surface area (Å²) < 4.78 is 18.9. The van der Waals surface area contributed by atoms with Gasteiger partial charge in [-0.2, -0.15) is 4.99 Å². The quantitative estimate of drug-likeness (QED) is 0.333. The van der Waals surface area contributed by atoms with E-state index in [9.17, 15) is 9.18 Å². The molecule has 1 aromatic carbocycles. The van der Waals surface area contributed by atoms with Gasteiger partial charge >= 0.3 is 5.97 Å². The fraction of sp³-hybridized carbons (Fsp3) is 0.429. The fourth-order valence-corrected chi connectivity index (χ4v) is 3.27. The minimum Gasteiger partial charge on any atom is -0.462 e. The highest BCUT2D eigenvalue weighted by Gasteiger charge is 2.19. The number of isothiocyanates is 1. The van der Waals surface area contributed by atoms with Crippen LogP contribution >= 0.6 is 35.6 Å². The Morgan fingerprint density at radius 3 is 2.90 bits per heavy atom. The van der Waals surface area contributed by atoms with Gasteiger partial charge in [-0.05, 0) is 50.0 Å². The molecule has 0 amide bonds. The van der Waals surface area contributed by atoms with Gasteiger partial charge in [0.05, 0.1) is 15.9 Å².